The SMILES string of the molecule is Cc1cc(C)c(C2=[C-]/C=C\C=[C-]/C=C\2)c(C)c1.[C-]1=C\C=C/[C-]=C\C=C/1.[U+4]. The van der Waals surface area contributed by atoms with Gasteiger partial charge in [0.2, 0.25) is 0 Å². The fraction of sp³-hybridized carbons (Fsp3) is 0.120. The Morgan fingerprint density at radius 2 is 1.15 bits per heavy atom. The summed E-state index contributed by atoms with van der Waals surface area (Å²) in [5.41, 5.74) is 6.30. The molecule has 0 saturated heterocycles. The average molecular weight is 560 g/mol. The topological polar surface area (TPSA) is 0 Å². The van der Waals surface area contributed by atoms with E-state index in [9.17, 15) is 0 Å². The maximum Gasteiger partial charge on any atom is 4.00 e. The van der Waals surface area contributed by atoms with E-state index in [0.29, 0.717) is 0 Å². The number of hydrogen-bond acceptors (Lipinski definition) is 0. The van der Waals surface area contributed by atoms with Crippen LogP contribution in [0.2, 0.25) is 0 Å². The van der Waals surface area contributed by atoms with Crippen molar-refractivity contribution in [1.29, 1.82) is 0 Å². The van der Waals surface area contributed by atoms with E-state index in [1.807, 2.05) is 60.8 Å². The van der Waals surface area contributed by atoms with Crippen LogP contribution in [0, 0.1) is 76.2 Å². The second kappa shape index (κ2) is 12.5. The van der Waals surface area contributed by atoms with Crippen molar-refractivity contribution < 1.29 is 31.1 Å². The Kier molecular flexibility index (Phi) is 10.7. The van der Waals surface area contributed by atoms with Crippen LogP contribution in [-0.4, -0.2) is 0 Å². The quantitative estimate of drug-likeness (QED) is 0.364. The molecule has 0 atom stereocenters. The standard InChI is InChI=1S/C17H16.C8H6.U/c1-13-11-14(2)17(15(3)12-13)16-9-7-5-4-6-8-10-16;1-2-4-6-8-7-5-3-1;/h4-5,7-8,10-12H,1-3H3;1-3,6-8H;/q2*-2;+4/b5-4?,7-5-,10-8-,16-10?;2-1-,3-1?,8-6?,8-7-;. The molecule has 0 bridgehead atoms. The predicted molar refractivity (Wildman–Crippen MR) is 107 cm³/mol. The number of benzene rings is 1. The Balaban J connectivity index is 0.000000318. The van der Waals surface area contributed by atoms with Crippen LogP contribution in [0.3, 0.4) is 0 Å². The van der Waals surface area contributed by atoms with Crippen molar-refractivity contribution in [3.8, 4) is 0 Å². The van der Waals surface area contributed by atoms with Crippen molar-refractivity contribution in [2.45, 2.75) is 20.8 Å². The van der Waals surface area contributed by atoms with E-state index >= 15 is 0 Å². The molecule has 126 valence electrons. The van der Waals surface area contributed by atoms with Gasteiger partial charge in [-0.3, -0.25) is 0 Å². The number of aryl methyl sites for hydroxylation is 3. The second-order valence-electron chi connectivity index (χ2n) is 5.74. The van der Waals surface area contributed by atoms with Gasteiger partial charge in [0.05, 0.1) is 0 Å². The summed E-state index contributed by atoms with van der Waals surface area (Å²) in [6, 6.07) is 4.43. The molecule has 0 saturated carbocycles. The third kappa shape index (κ3) is 7.61. The zero-order valence-electron chi connectivity index (χ0n) is 15.5. The van der Waals surface area contributed by atoms with Crippen LogP contribution in [0.25, 0.3) is 5.57 Å². The predicted octanol–water partition coefficient (Wildman–Crippen LogP) is 6.12. The summed E-state index contributed by atoms with van der Waals surface area (Å²) in [5.74, 6) is 0. The summed E-state index contributed by atoms with van der Waals surface area (Å²) in [7, 11) is 0. The molecule has 0 spiro atoms. The number of allylic oxidation sites excluding steroid dienone is 16. The van der Waals surface area contributed by atoms with Gasteiger partial charge in [0.25, 0.3) is 0 Å². The van der Waals surface area contributed by atoms with Gasteiger partial charge in [0.1, 0.15) is 0 Å². The fourth-order valence-electron chi connectivity index (χ4n) is 2.67. The van der Waals surface area contributed by atoms with Crippen LogP contribution in [0.4, 0.5) is 0 Å². The number of hydrogen-bond donors (Lipinski definition) is 0. The van der Waals surface area contributed by atoms with Crippen LogP contribution in [0.15, 0.2) is 79.0 Å². The average Bonchev–Trinajstić information content (AvgIpc) is 2.48. The van der Waals surface area contributed by atoms with Gasteiger partial charge < -0.3 is 0 Å². The normalized spacial score (nSPS) is 25.0. The summed E-state index contributed by atoms with van der Waals surface area (Å²) < 4.78 is 0. The minimum absolute atomic E-state index is 0. The van der Waals surface area contributed by atoms with E-state index in [4.69, 9.17) is 0 Å². The molecular formula is C25H22U. The van der Waals surface area contributed by atoms with Gasteiger partial charge in [-0.25, -0.2) is 0 Å². The van der Waals surface area contributed by atoms with Gasteiger partial charge in [0.15, 0.2) is 0 Å². The van der Waals surface area contributed by atoms with Gasteiger partial charge in [-0.05, 0) is 20.8 Å². The molecule has 0 aliphatic heterocycles. The van der Waals surface area contributed by atoms with Crippen molar-refractivity contribution in [1.82, 2.24) is 0 Å². The molecule has 0 heterocycles. The first-order valence-corrected chi connectivity index (χ1v) is 8.30. The summed E-state index contributed by atoms with van der Waals surface area (Å²) in [6.07, 6.45) is 33.2. The van der Waals surface area contributed by atoms with Gasteiger partial charge in [0, 0.05) is 0 Å². The summed E-state index contributed by atoms with van der Waals surface area (Å²) in [6.45, 7) is 6.44. The summed E-state index contributed by atoms with van der Waals surface area (Å²) in [5, 5.41) is 0. The zero-order valence-corrected chi connectivity index (χ0v) is 19.7. The maximum atomic E-state index is 3.32. The van der Waals surface area contributed by atoms with Gasteiger partial charge in [-0.2, -0.15) is 90.6 Å². The molecule has 2 aliphatic rings. The first kappa shape index (κ1) is 22.2. The van der Waals surface area contributed by atoms with E-state index in [1.54, 1.807) is 0 Å². The molecule has 1 heteroatoms. The van der Waals surface area contributed by atoms with Crippen molar-refractivity contribution in [2.24, 2.45) is 0 Å². The van der Waals surface area contributed by atoms with Crippen molar-refractivity contribution in [2.75, 3.05) is 0 Å². The molecule has 0 N–H and O–H groups in total. The number of rotatable bonds is 1. The molecule has 1 aromatic carbocycles. The van der Waals surface area contributed by atoms with Gasteiger partial charge >= 0.3 is 31.1 Å². The zero-order chi connectivity index (χ0) is 17.9. The van der Waals surface area contributed by atoms with E-state index < -0.39 is 0 Å². The molecule has 0 amide bonds. The van der Waals surface area contributed by atoms with E-state index in [0.717, 1.165) is 5.57 Å². The molecule has 0 radical (unpaired) electrons. The Morgan fingerprint density at radius 1 is 0.654 bits per heavy atom. The molecule has 3 rings (SSSR count). The monoisotopic (exact) mass is 560 g/mol. The van der Waals surface area contributed by atoms with Gasteiger partial charge in [-0.15, -0.1) is 6.08 Å². The molecule has 2 aliphatic carbocycles. The molecule has 0 fully saturated rings. The van der Waals surface area contributed by atoms with Crippen LogP contribution >= 0.6 is 0 Å². The summed E-state index contributed by atoms with van der Waals surface area (Å²) >= 11 is 0. The Morgan fingerprint density at radius 3 is 1.73 bits per heavy atom. The Labute approximate surface area is 182 Å². The minimum atomic E-state index is 0. The van der Waals surface area contributed by atoms with Crippen molar-refractivity contribution >= 4 is 5.57 Å². The Bertz CT molecular complexity index is 743. The van der Waals surface area contributed by atoms with Crippen LogP contribution in [-0.2, 0) is 0 Å². The molecule has 26 heavy (non-hydrogen) atoms. The molecule has 0 nitrogen and oxygen atoms in total. The van der Waals surface area contributed by atoms with E-state index in [2.05, 4.69) is 63.3 Å². The first-order chi connectivity index (χ1) is 12.2. The van der Waals surface area contributed by atoms with Crippen LogP contribution in [0.1, 0.15) is 22.3 Å². The van der Waals surface area contributed by atoms with E-state index in [-0.39, 0.29) is 31.1 Å². The van der Waals surface area contributed by atoms with Crippen LogP contribution in [0.5, 0.6) is 0 Å². The fourth-order valence-corrected chi connectivity index (χ4v) is 2.67. The van der Waals surface area contributed by atoms with Crippen molar-refractivity contribution in [3.63, 3.8) is 0 Å². The third-order valence-corrected chi connectivity index (χ3v) is 3.59. The van der Waals surface area contributed by atoms with Crippen molar-refractivity contribution in [3.05, 3.63) is 126 Å². The largest absolute Gasteiger partial charge is 4.00 e. The smallest absolute Gasteiger partial charge is 0.184 e. The minimum Gasteiger partial charge on any atom is -0.184 e. The van der Waals surface area contributed by atoms with Crippen LogP contribution < -0.4 is 0 Å². The molecule has 0 unspecified atom stereocenters. The molecule has 1 aromatic rings. The molecular weight excluding hydrogens is 538 g/mol. The van der Waals surface area contributed by atoms with Gasteiger partial charge in [-0.1, -0.05) is 34.4 Å². The second-order valence-corrected chi connectivity index (χ2v) is 5.74. The first-order valence-electron chi connectivity index (χ1n) is 8.30. The molecule has 0 aromatic heterocycles. The Hall–Kier alpha value is -1.81. The van der Waals surface area contributed by atoms with E-state index in [1.165, 1.54) is 22.3 Å². The maximum absolute atomic E-state index is 3.32. The third-order valence-electron chi connectivity index (χ3n) is 3.59. The summed E-state index contributed by atoms with van der Waals surface area (Å²) in [4.78, 5) is 0.